The van der Waals surface area contributed by atoms with Crippen molar-refractivity contribution in [2.45, 2.75) is 26.6 Å². The zero-order chi connectivity index (χ0) is 9.14. The van der Waals surface area contributed by atoms with Gasteiger partial charge in [-0.3, -0.25) is 4.68 Å². The van der Waals surface area contributed by atoms with Gasteiger partial charge in [0.15, 0.2) is 0 Å². The highest BCUT2D eigenvalue weighted by molar-refractivity contribution is 6.31. The summed E-state index contributed by atoms with van der Waals surface area (Å²) in [4.78, 5) is 0. The van der Waals surface area contributed by atoms with Gasteiger partial charge in [-0.05, 0) is 13.8 Å². The lowest BCUT2D eigenvalue weighted by Gasteiger charge is -2.04. The van der Waals surface area contributed by atoms with Crippen LogP contribution in [0.5, 0.6) is 0 Å². The molecule has 0 bridgehead atoms. The first kappa shape index (κ1) is 9.55. The maximum atomic E-state index is 5.87. The van der Waals surface area contributed by atoms with E-state index in [0.717, 1.165) is 5.69 Å². The molecular formula is C8H13ClN2O. The molecule has 68 valence electrons. The monoisotopic (exact) mass is 188 g/mol. The van der Waals surface area contributed by atoms with E-state index < -0.39 is 0 Å². The molecule has 4 heteroatoms. The van der Waals surface area contributed by atoms with Crippen molar-refractivity contribution in [3.63, 3.8) is 0 Å². The molecule has 1 heterocycles. The summed E-state index contributed by atoms with van der Waals surface area (Å²) in [5.41, 5.74) is 0.799. The van der Waals surface area contributed by atoms with Crippen LogP contribution < -0.4 is 0 Å². The topological polar surface area (TPSA) is 27.1 Å². The van der Waals surface area contributed by atoms with E-state index in [0.29, 0.717) is 11.6 Å². The average Bonchev–Trinajstić information content (AvgIpc) is 2.26. The minimum Gasteiger partial charge on any atom is -0.372 e. The minimum absolute atomic E-state index is 0.211. The highest BCUT2D eigenvalue weighted by Gasteiger charge is 2.05. The van der Waals surface area contributed by atoms with Crippen LogP contribution in [0.3, 0.4) is 0 Å². The Kier molecular flexibility index (Phi) is 3.12. The molecule has 0 unspecified atom stereocenters. The van der Waals surface area contributed by atoms with Crippen LogP contribution in [0.1, 0.15) is 19.5 Å². The Bertz CT molecular complexity index is 258. The van der Waals surface area contributed by atoms with Crippen molar-refractivity contribution < 1.29 is 4.74 Å². The standard InChI is InChI=1S/C8H13ClN2O/c1-6(2)12-5-8-7(9)4-11(3)10-8/h4,6H,5H2,1-3H3. The molecule has 0 aliphatic carbocycles. The zero-order valence-electron chi connectivity index (χ0n) is 7.54. The Morgan fingerprint density at radius 1 is 1.67 bits per heavy atom. The highest BCUT2D eigenvalue weighted by atomic mass is 35.5. The SMILES string of the molecule is CC(C)OCc1nn(C)cc1Cl. The fourth-order valence-electron chi connectivity index (χ4n) is 0.849. The molecule has 0 saturated heterocycles. The number of ether oxygens (including phenoxy) is 1. The molecule has 0 aliphatic heterocycles. The van der Waals surface area contributed by atoms with Crippen molar-refractivity contribution in [1.82, 2.24) is 9.78 Å². The van der Waals surface area contributed by atoms with Crippen molar-refractivity contribution in [2.24, 2.45) is 7.05 Å². The van der Waals surface area contributed by atoms with E-state index in [1.54, 1.807) is 10.9 Å². The predicted molar refractivity (Wildman–Crippen MR) is 48.1 cm³/mol. The Morgan fingerprint density at radius 3 is 2.75 bits per heavy atom. The summed E-state index contributed by atoms with van der Waals surface area (Å²) in [6.07, 6.45) is 1.98. The van der Waals surface area contributed by atoms with Gasteiger partial charge in [0.05, 0.1) is 17.7 Å². The Balaban J connectivity index is 2.57. The van der Waals surface area contributed by atoms with Crippen LogP contribution in [0.2, 0.25) is 5.02 Å². The third kappa shape index (κ3) is 2.50. The molecule has 0 fully saturated rings. The normalized spacial score (nSPS) is 11.1. The molecule has 0 aromatic carbocycles. The Hall–Kier alpha value is -0.540. The summed E-state index contributed by atoms with van der Waals surface area (Å²) in [6, 6.07) is 0. The van der Waals surface area contributed by atoms with E-state index in [9.17, 15) is 0 Å². The lowest BCUT2D eigenvalue weighted by Crippen LogP contribution is -2.03. The summed E-state index contributed by atoms with van der Waals surface area (Å²) in [6.45, 7) is 4.45. The molecule has 0 spiro atoms. The van der Waals surface area contributed by atoms with Crippen LogP contribution in [0.15, 0.2) is 6.20 Å². The maximum absolute atomic E-state index is 5.87. The highest BCUT2D eigenvalue weighted by Crippen LogP contribution is 2.14. The smallest absolute Gasteiger partial charge is 0.107 e. The first-order valence-corrected chi connectivity index (χ1v) is 4.27. The molecule has 0 atom stereocenters. The van der Waals surface area contributed by atoms with Crippen molar-refractivity contribution in [2.75, 3.05) is 0 Å². The fraction of sp³-hybridized carbons (Fsp3) is 0.625. The molecule has 1 rings (SSSR count). The van der Waals surface area contributed by atoms with E-state index in [-0.39, 0.29) is 6.10 Å². The van der Waals surface area contributed by atoms with E-state index in [4.69, 9.17) is 16.3 Å². The van der Waals surface area contributed by atoms with Crippen LogP contribution >= 0.6 is 11.6 Å². The van der Waals surface area contributed by atoms with E-state index in [2.05, 4.69) is 5.10 Å². The van der Waals surface area contributed by atoms with Crippen LogP contribution in [-0.4, -0.2) is 15.9 Å². The molecular weight excluding hydrogens is 176 g/mol. The largest absolute Gasteiger partial charge is 0.372 e. The number of rotatable bonds is 3. The molecule has 1 aromatic heterocycles. The third-order valence-corrected chi connectivity index (χ3v) is 1.72. The molecule has 0 amide bonds. The first-order valence-electron chi connectivity index (χ1n) is 3.89. The summed E-state index contributed by atoms with van der Waals surface area (Å²) in [7, 11) is 1.84. The number of aromatic nitrogens is 2. The summed E-state index contributed by atoms with van der Waals surface area (Å²) in [5, 5.41) is 4.81. The molecule has 0 aliphatic rings. The van der Waals surface area contributed by atoms with Crippen molar-refractivity contribution >= 4 is 11.6 Å². The van der Waals surface area contributed by atoms with Gasteiger partial charge in [-0.2, -0.15) is 5.10 Å². The van der Waals surface area contributed by atoms with Gasteiger partial charge < -0.3 is 4.74 Å². The second kappa shape index (κ2) is 3.92. The van der Waals surface area contributed by atoms with Gasteiger partial charge in [0.25, 0.3) is 0 Å². The molecule has 3 nitrogen and oxygen atoms in total. The van der Waals surface area contributed by atoms with E-state index in [1.165, 1.54) is 0 Å². The number of hydrogen-bond donors (Lipinski definition) is 0. The van der Waals surface area contributed by atoms with Crippen molar-refractivity contribution in [1.29, 1.82) is 0 Å². The molecule has 0 radical (unpaired) electrons. The van der Waals surface area contributed by atoms with Crippen LogP contribution in [0, 0.1) is 0 Å². The van der Waals surface area contributed by atoms with Gasteiger partial charge in [0.1, 0.15) is 5.69 Å². The van der Waals surface area contributed by atoms with Crippen molar-refractivity contribution in [3.8, 4) is 0 Å². The predicted octanol–water partition coefficient (Wildman–Crippen LogP) is 2.00. The zero-order valence-corrected chi connectivity index (χ0v) is 8.30. The number of hydrogen-bond acceptors (Lipinski definition) is 2. The number of nitrogens with zero attached hydrogens (tertiary/aromatic N) is 2. The Labute approximate surface area is 77.3 Å². The maximum Gasteiger partial charge on any atom is 0.107 e. The number of aryl methyl sites for hydroxylation is 1. The van der Waals surface area contributed by atoms with Crippen LogP contribution in [0.25, 0.3) is 0 Å². The second-order valence-corrected chi connectivity index (χ2v) is 3.36. The summed E-state index contributed by atoms with van der Waals surface area (Å²) in [5.74, 6) is 0. The van der Waals surface area contributed by atoms with Gasteiger partial charge in [-0.1, -0.05) is 11.6 Å². The molecule has 0 N–H and O–H groups in total. The molecule has 12 heavy (non-hydrogen) atoms. The van der Waals surface area contributed by atoms with E-state index in [1.807, 2.05) is 20.9 Å². The average molecular weight is 189 g/mol. The lowest BCUT2D eigenvalue weighted by atomic mass is 10.4. The van der Waals surface area contributed by atoms with E-state index >= 15 is 0 Å². The lowest BCUT2D eigenvalue weighted by molar-refractivity contribution is 0.0633. The molecule has 1 aromatic rings. The van der Waals surface area contributed by atoms with Crippen LogP contribution in [-0.2, 0) is 18.4 Å². The van der Waals surface area contributed by atoms with Crippen LogP contribution in [0.4, 0.5) is 0 Å². The first-order chi connectivity index (χ1) is 5.59. The quantitative estimate of drug-likeness (QED) is 0.726. The fourth-order valence-corrected chi connectivity index (χ4v) is 1.08. The van der Waals surface area contributed by atoms with Gasteiger partial charge in [0, 0.05) is 13.2 Å². The number of halogens is 1. The van der Waals surface area contributed by atoms with Crippen molar-refractivity contribution in [3.05, 3.63) is 16.9 Å². The van der Waals surface area contributed by atoms with Gasteiger partial charge in [-0.15, -0.1) is 0 Å². The van der Waals surface area contributed by atoms with Gasteiger partial charge in [0.2, 0.25) is 0 Å². The summed E-state index contributed by atoms with van der Waals surface area (Å²) < 4.78 is 7.04. The molecule has 0 saturated carbocycles. The second-order valence-electron chi connectivity index (χ2n) is 2.96. The minimum atomic E-state index is 0.211. The third-order valence-electron chi connectivity index (χ3n) is 1.41. The Morgan fingerprint density at radius 2 is 2.33 bits per heavy atom. The van der Waals surface area contributed by atoms with Gasteiger partial charge >= 0.3 is 0 Å². The van der Waals surface area contributed by atoms with Gasteiger partial charge in [-0.25, -0.2) is 0 Å². The summed E-state index contributed by atoms with van der Waals surface area (Å²) >= 11 is 5.87.